The molecule has 0 aliphatic carbocycles. The zero-order chi connectivity index (χ0) is 33.3. The minimum Gasteiger partial charge on any atom is -0.261 e. The van der Waals surface area contributed by atoms with Crippen LogP contribution in [0.15, 0.2) is 98.1 Å². The summed E-state index contributed by atoms with van der Waals surface area (Å²) in [7, 11) is -9.89. The van der Waals surface area contributed by atoms with E-state index < -0.39 is 20.5 Å². The van der Waals surface area contributed by atoms with Crippen molar-refractivity contribution < 1.29 is 91.9 Å². The Bertz CT molecular complexity index is 1660. The molecule has 252 valence electrons. The van der Waals surface area contributed by atoms with E-state index in [1.165, 1.54) is 6.92 Å². The molecule has 0 unspecified atom stereocenters. The maximum Gasteiger partial charge on any atom is 1.00 e. The molecule has 0 aliphatic rings. The summed E-state index contributed by atoms with van der Waals surface area (Å²) in [5.74, 6) is 0. The number of halogens is 2. The third kappa shape index (κ3) is 18.7. The Balaban J connectivity index is 0.000000643. The first-order valence-electron chi connectivity index (χ1n) is 11.8. The molecule has 0 atom stereocenters. The van der Waals surface area contributed by atoms with Gasteiger partial charge in [-0.15, -0.1) is 20.5 Å². The van der Waals surface area contributed by atoms with E-state index in [9.17, 15) is 0 Å². The molecular formula is C26H19Cl2Cu2N9O8. The number of hydrogen-bond donors (Lipinski definition) is 0. The molecule has 0 aromatic carbocycles. The van der Waals surface area contributed by atoms with Gasteiger partial charge >= 0.3 is 34.1 Å². The Hall–Kier alpha value is -3.93. The Kier molecular flexibility index (Phi) is 20.0. The minimum absolute atomic E-state index is 0. The Morgan fingerprint density at radius 3 is 1.15 bits per heavy atom. The summed E-state index contributed by atoms with van der Waals surface area (Å²) in [4.78, 5) is 33.7. The van der Waals surface area contributed by atoms with Crippen LogP contribution in [0.1, 0.15) is 6.92 Å². The molecule has 21 heteroatoms. The molecule has 0 fully saturated rings. The van der Waals surface area contributed by atoms with Gasteiger partial charge in [0.25, 0.3) is 0 Å². The van der Waals surface area contributed by atoms with Crippen molar-refractivity contribution in [3.63, 3.8) is 0 Å². The van der Waals surface area contributed by atoms with Crippen LogP contribution in [0.4, 0.5) is 0 Å². The first-order valence-corrected chi connectivity index (χ1v) is 14.3. The average molecular weight is 783 g/mol. The number of pyridine rings is 4. The topological polar surface area (TPSA) is 311 Å². The number of hydrogen-bond acceptors (Lipinski definition) is 17. The van der Waals surface area contributed by atoms with Crippen molar-refractivity contribution in [2.45, 2.75) is 6.92 Å². The molecule has 0 saturated carbocycles. The quantitative estimate of drug-likeness (QED) is 0.149. The van der Waals surface area contributed by atoms with E-state index in [-0.39, 0.29) is 34.1 Å². The second-order valence-corrected chi connectivity index (χ2v) is 9.17. The number of fused-ring (bicyclic) bond motifs is 2. The maximum atomic E-state index is 8.49. The molecule has 6 heterocycles. The van der Waals surface area contributed by atoms with Gasteiger partial charge in [-0.05, 0) is 48.5 Å². The van der Waals surface area contributed by atoms with Crippen LogP contribution in [0.5, 0.6) is 0 Å². The molecule has 0 N–H and O–H groups in total. The fourth-order valence-corrected chi connectivity index (χ4v) is 3.05. The van der Waals surface area contributed by atoms with E-state index in [0.29, 0.717) is 0 Å². The summed E-state index contributed by atoms with van der Waals surface area (Å²) >= 11 is 0. The van der Waals surface area contributed by atoms with Crippen molar-refractivity contribution >= 4 is 22.1 Å². The van der Waals surface area contributed by atoms with Crippen LogP contribution in [0.3, 0.4) is 0 Å². The van der Waals surface area contributed by atoms with Gasteiger partial charge in [-0.2, -0.15) is 5.26 Å². The van der Waals surface area contributed by atoms with E-state index >= 15 is 0 Å². The molecular weight excluding hydrogens is 764 g/mol. The van der Waals surface area contributed by atoms with Gasteiger partial charge in [-0.3, -0.25) is 19.9 Å². The molecule has 0 bridgehead atoms. The zero-order valence-corrected chi connectivity index (χ0v) is 26.8. The smallest absolute Gasteiger partial charge is 0.261 e. The maximum absolute atomic E-state index is 8.49. The normalized spacial score (nSPS) is 9.87. The first kappa shape index (κ1) is 43.1. The molecule has 6 aromatic heterocycles. The van der Waals surface area contributed by atoms with E-state index in [0.717, 1.165) is 44.8 Å². The summed E-state index contributed by atoms with van der Waals surface area (Å²) in [6.45, 7) is 1.43. The van der Waals surface area contributed by atoms with Crippen LogP contribution in [-0.4, -0.2) is 39.9 Å². The summed E-state index contributed by atoms with van der Waals surface area (Å²) in [6.07, 6.45) is 13.4. The Morgan fingerprint density at radius 1 is 0.511 bits per heavy atom. The molecule has 0 aliphatic heterocycles. The van der Waals surface area contributed by atoms with Gasteiger partial charge < -0.3 is 0 Å². The van der Waals surface area contributed by atoms with Crippen LogP contribution >= 0.6 is 0 Å². The third-order valence-electron chi connectivity index (χ3n) is 4.58. The van der Waals surface area contributed by atoms with Crippen molar-refractivity contribution in [2.24, 2.45) is 0 Å². The van der Waals surface area contributed by atoms with E-state index in [1.807, 2.05) is 48.5 Å². The minimum atomic E-state index is -4.94. The molecule has 0 spiro atoms. The summed E-state index contributed by atoms with van der Waals surface area (Å²) < 4.78 is 67.9. The second-order valence-electron chi connectivity index (χ2n) is 7.65. The van der Waals surface area contributed by atoms with E-state index in [1.54, 1.807) is 55.6 Å². The largest absolute Gasteiger partial charge is 1.00 e. The fourth-order valence-electron chi connectivity index (χ4n) is 3.05. The van der Waals surface area contributed by atoms with Crippen molar-refractivity contribution in [3.05, 3.63) is 98.1 Å². The monoisotopic (exact) mass is 781 g/mol. The summed E-state index contributed by atoms with van der Waals surface area (Å²) in [6, 6.07) is 17.3. The van der Waals surface area contributed by atoms with Gasteiger partial charge in [0.15, 0.2) is 11.3 Å². The summed E-state index contributed by atoms with van der Waals surface area (Å²) in [5, 5.41) is 9.37. The molecule has 17 nitrogen and oxygen atoms in total. The molecule has 6 rings (SSSR count). The molecule has 0 amide bonds. The van der Waals surface area contributed by atoms with Crippen LogP contribution in [0.25, 0.3) is 44.8 Å². The van der Waals surface area contributed by atoms with Gasteiger partial charge in [0.05, 0.1) is 29.9 Å². The predicted molar refractivity (Wildman–Crippen MR) is 132 cm³/mol. The molecule has 0 radical (unpaired) electrons. The number of aromatic nitrogens is 8. The first-order chi connectivity index (χ1) is 21.3. The Morgan fingerprint density at radius 2 is 0.851 bits per heavy atom. The second kappa shape index (κ2) is 21.8. The Labute approximate surface area is 291 Å². The van der Waals surface area contributed by atoms with Crippen LogP contribution in [0.2, 0.25) is 0 Å². The van der Waals surface area contributed by atoms with Gasteiger partial charge in [0.1, 0.15) is 11.4 Å². The van der Waals surface area contributed by atoms with Crippen LogP contribution < -0.4 is 37.3 Å². The van der Waals surface area contributed by atoms with Crippen molar-refractivity contribution in [2.75, 3.05) is 0 Å². The van der Waals surface area contributed by atoms with Crippen LogP contribution in [-0.2, 0) is 34.1 Å². The van der Waals surface area contributed by atoms with Crippen molar-refractivity contribution in [3.8, 4) is 28.8 Å². The van der Waals surface area contributed by atoms with Gasteiger partial charge in [-0.1, -0.05) is 0 Å². The zero-order valence-electron chi connectivity index (χ0n) is 23.4. The SMILES string of the molecule is CC#N.[Cu+].[Cu+].[O-][Cl+3]([O-])([O-])[O-].[O-][Cl+3]([O-])([O-])[O-].c1cnc2nc(-c3cnccn3)ccc2c1.c1cnc2nc(-c3cnccn3)ccc2c1. The third-order valence-corrected chi connectivity index (χ3v) is 4.58. The van der Waals surface area contributed by atoms with E-state index in [4.69, 9.17) is 42.5 Å². The fraction of sp³-hybridized carbons (Fsp3) is 0.0385. The standard InChI is InChI=1S/2C12H8N4.C2H3N.2ClHO4.2Cu/c2*1-2-9-3-4-10(16-12(9)15-5-1)11-8-13-6-7-14-11;1-2-3;2*2-1(3,4)5;;/h2*1-8H;1H3;2*(H,2,3,4,5);;/q;;;;;2*+1/p-2. The summed E-state index contributed by atoms with van der Waals surface area (Å²) in [5.41, 5.74) is 4.56. The number of rotatable bonds is 2. The van der Waals surface area contributed by atoms with Crippen molar-refractivity contribution in [1.29, 1.82) is 5.26 Å². The molecule has 0 saturated heterocycles. The molecule has 6 aromatic rings. The van der Waals surface area contributed by atoms with E-state index in [2.05, 4.69) is 39.9 Å². The predicted octanol–water partition coefficient (Wildman–Crippen LogP) is -4.81. The van der Waals surface area contributed by atoms with Gasteiger partial charge in [0, 0.05) is 54.9 Å². The van der Waals surface area contributed by atoms with Gasteiger partial charge in [0.2, 0.25) is 0 Å². The van der Waals surface area contributed by atoms with Gasteiger partial charge in [-0.25, -0.2) is 57.2 Å². The van der Waals surface area contributed by atoms with Crippen LogP contribution in [0, 0.1) is 31.8 Å². The number of nitrogens with zero attached hydrogens (tertiary/aromatic N) is 9. The van der Waals surface area contributed by atoms with Crippen molar-refractivity contribution in [1.82, 2.24) is 39.9 Å². The molecule has 47 heavy (non-hydrogen) atoms. The average Bonchev–Trinajstić information content (AvgIpc) is 3.01. The number of nitriles is 1.